The van der Waals surface area contributed by atoms with Crippen LogP contribution in [0.3, 0.4) is 0 Å². The number of carbonyl (C=O) groups is 1. The number of anilines is 1. The van der Waals surface area contributed by atoms with Crippen LogP contribution in [0.2, 0.25) is 0 Å². The van der Waals surface area contributed by atoms with Gasteiger partial charge in [0.2, 0.25) is 0 Å². The summed E-state index contributed by atoms with van der Waals surface area (Å²) in [7, 11) is 0. The van der Waals surface area contributed by atoms with Crippen molar-refractivity contribution in [2.45, 2.75) is 9.92 Å². The molecule has 0 aliphatic heterocycles. The topological polar surface area (TPSA) is 94.9 Å². The molecule has 2 aromatic rings. The van der Waals surface area contributed by atoms with Gasteiger partial charge in [0.15, 0.2) is 5.69 Å². The molecule has 0 fully saturated rings. The fourth-order valence-electron chi connectivity index (χ4n) is 1.19. The summed E-state index contributed by atoms with van der Waals surface area (Å²) in [4.78, 5) is 11.7. The largest absolute Gasteiger partial charge is 0.398 e. The Bertz CT molecular complexity index is 541. The molecule has 1 aromatic carbocycles. The smallest absolute Gasteiger partial charge is 0.269 e. The minimum absolute atomic E-state index is 0.149. The number of carbonyl (C=O) groups excluding carboxylic acids is 1. The van der Waals surface area contributed by atoms with E-state index in [1.54, 1.807) is 6.07 Å². The Kier molecular flexibility index (Phi) is 3.24. The third-order valence-electron chi connectivity index (χ3n) is 2.03. The van der Waals surface area contributed by atoms with Crippen molar-refractivity contribution in [3.8, 4) is 0 Å². The van der Waals surface area contributed by atoms with E-state index in [0.29, 0.717) is 10.7 Å². The molecule has 0 saturated carbocycles. The average molecular weight is 246 g/mol. The van der Waals surface area contributed by atoms with Crippen LogP contribution in [0.15, 0.2) is 46.3 Å². The van der Waals surface area contributed by atoms with E-state index in [2.05, 4.69) is 10.2 Å². The summed E-state index contributed by atoms with van der Waals surface area (Å²) in [6, 6.07) is 10.7. The Labute approximate surface area is 102 Å². The number of rotatable bonds is 3. The molecule has 0 aliphatic rings. The quantitative estimate of drug-likeness (QED) is 0.796. The van der Waals surface area contributed by atoms with Crippen molar-refractivity contribution in [2.24, 2.45) is 5.73 Å². The molecule has 0 radical (unpaired) electrons. The predicted molar refractivity (Wildman–Crippen MR) is 65.5 cm³/mol. The first-order chi connectivity index (χ1) is 8.16. The molecular weight excluding hydrogens is 236 g/mol. The van der Waals surface area contributed by atoms with Crippen LogP contribution in [-0.2, 0) is 0 Å². The number of para-hydroxylation sites is 1. The average Bonchev–Trinajstić information content (AvgIpc) is 2.33. The minimum atomic E-state index is -0.590. The summed E-state index contributed by atoms with van der Waals surface area (Å²) in [5.74, 6) is -0.590. The molecular formula is C11H10N4OS. The Morgan fingerprint density at radius 3 is 2.47 bits per heavy atom. The van der Waals surface area contributed by atoms with Crippen molar-refractivity contribution in [1.82, 2.24) is 10.2 Å². The van der Waals surface area contributed by atoms with Crippen LogP contribution in [0.5, 0.6) is 0 Å². The molecule has 0 spiro atoms. The zero-order valence-corrected chi connectivity index (χ0v) is 9.65. The molecule has 17 heavy (non-hydrogen) atoms. The minimum Gasteiger partial charge on any atom is -0.398 e. The maximum Gasteiger partial charge on any atom is 0.269 e. The van der Waals surface area contributed by atoms with Crippen LogP contribution in [-0.4, -0.2) is 16.1 Å². The molecule has 0 unspecified atom stereocenters. The van der Waals surface area contributed by atoms with Gasteiger partial charge >= 0.3 is 0 Å². The first-order valence-electron chi connectivity index (χ1n) is 4.82. The van der Waals surface area contributed by atoms with Crippen molar-refractivity contribution in [1.29, 1.82) is 0 Å². The van der Waals surface area contributed by atoms with Crippen molar-refractivity contribution >= 4 is 23.4 Å². The Morgan fingerprint density at radius 2 is 1.88 bits per heavy atom. The molecule has 1 heterocycles. The fourth-order valence-corrected chi connectivity index (χ4v) is 1.97. The predicted octanol–water partition coefficient (Wildman–Crippen LogP) is 1.31. The van der Waals surface area contributed by atoms with E-state index in [-0.39, 0.29) is 5.69 Å². The molecule has 6 heteroatoms. The number of benzene rings is 1. The highest BCUT2D eigenvalue weighted by atomic mass is 32.2. The van der Waals surface area contributed by atoms with Crippen molar-refractivity contribution in [3.05, 3.63) is 42.1 Å². The van der Waals surface area contributed by atoms with Crippen LogP contribution >= 0.6 is 11.8 Å². The monoisotopic (exact) mass is 246 g/mol. The number of hydrogen-bond donors (Lipinski definition) is 2. The number of amides is 1. The second-order valence-electron chi connectivity index (χ2n) is 3.26. The zero-order valence-electron chi connectivity index (χ0n) is 8.83. The molecule has 0 aliphatic carbocycles. The third kappa shape index (κ3) is 2.73. The molecule has 2 rings (SSSR count). The Balaban J connectivity index is 2.20. The van der Waals surface area contributed by atoms with Gasteiger partial charge in [-0.3, -0.25) is 4.79 Å². The van der Waals surface area contributed by atoms with Gasteiger partial charge in [0.1, 0.15) is 5.03 Å². The Morgan fingerprint density at radius 1 is 1.12 bits per heavy atom. The summed E-state index contributed by atoms with van der Waals surface area (Å²) in [5, 5.41) is 8.27. The van der Waals surface area contributed by atoms with E-state index in [1.807, 2.05) is 24.3 Å². The van der Waals surface area contributed by atoms with Gasteiger partial charge < -0.3 is 11.5 Å². The van der Waals surface area contributed by atoms with Crippen molar-refractivity contribution < 1.29 is 4.79 Å². The number of nitrogens with two attached hydrogens (primary N) is 2. The molecule has 0 atom stereocenters. The van der Waals surface area contributed by atoms with E-state index >= 15 is 0 Å². The van der Waals surface area contributed by atoms with Gasteiger partial charge in [-0.1, -0.05) is 23.9 Å². The lowest BCUT2D eigenvalue weighted by Crippen LogP contribution is -2.13. The fraction of sp³-hybridized carbons (Fsp3) is 0. The van der Waals surface area contributed by atoms with Gasteiger partial charge in [0, 0.05) is 10.6 Å². The number of aromatic nitrogens is 2. The number of nitrogens with zero attached hydrogens (tertiary/aromatic N) is 2. The zero-order chi connectivity index (χ0) is 12.3. The molecule has 86 valence electrons. The van der Waals surface area contributed by atoms with Crippen molar-refractivity contribution in [3.63, 3.8) is 0 Å². The highest BCUT2D eigenvalue weighted by Crippen LogP contribution is 2.29. The number of primary amides is 1. The van der Waals surface area contributed by atoms with E-state index in [9.17, 15) is 4.79 Å². The van der Waals surface area contributed by atoms with Crippen LogP contribution in [0.1, 0.15) is 10.5 Å². The molecule has 1 amide bonds. The first-order valence-corrected chi connectivity index (χ1v) is 5.64. The lowest BCUT2D eigenvalue weighted by atomic mass is 10.3. The van der Waals surface area contributed by atoms with Gasteiger partial charge in [-0.25, -0.2) is 0 Å². The molecule has 5 nitrogen and oxygen atoms in total. The molecule has 4 N–H and O–H groups in total. The van der Waals surface area contributed by atoms with Gasteiger partial charge in [-0.2, -0.15) is 0 Å². The SMILES string of the molecule is NC(=O)c1ccc(Sc2ccccc2N)nn1. The first kappa shape index (κ1) is 11.4. The van der Waals surface area contributed by atoms with E-state index < -0.39 is 5.91 Å². The summed E-state index contributed by atoms with van der Waals surface area (Å²) >= 11 is 1.38. The van der Waals surface area contributed by atoms with E-state index in [0.717, 1.165) is 4.90 Å². The summed E-state index contributed by atoms with van der Waals surface area (Å²) in [6.45, 7) is 0. The second-order valence-corrected chi connectivity index (χ2v) is 4.32. The summed E-state index contributed by atoms with van der Waals surface area (Å²) in [6.07, 6.45) is 0. The lowest BCUT2D eigenvalue weighted by Gasteiger charge is -2.03. The van der Waals surface area contributed by atoms with Crippen LogP contribution in [0, 0.1) is 0 Å². The number of hydrogen-bond acceptors (Lipinski definition) is 5. The third-order valence-corrected chi connectivity index (χ3v) is 3.04. The molecule has 1 aromatic heterocycles. The normalized spacial score (nSPS) is 10.1. The van der Waals surface area contributed by atoms with Gasteiger partial charge in [0.25, 0.3) is 5.91 Å². The Hall–Kier alpha value is -2.08. The van der Waals surface area contributed by atoms with Gasteiger partial charge in [-0.05, 0) is 24.3 Å². The van der Waals surface area contributed by atoms with Crippen LogP contribution in [0.25, 0.3) is 0 Å². The van der Waals surface area contributed by atoms with Crippen LogP contribution < -0.4 is 11.5 Å². The summed E-state index contributed by atoms with van der Waals surface area (Å²) in [5.41, 5.74) is 11.7. The maximum absolute atomic E-state index is 10.8. The highest BCUT2D eigenvalue weighted by molar-refractivity contribution is 7.99. The van der Waals surface area contributed by atoms with E-state index in [1.165, 1.54) is 17.8 Å². The van der Waals surface area contributed by atoms with Crippen molar-refractivity contribution in [2.75, 3.05) is 5.73 Å². The number of nitrogen functional groups attached to an aromatic ring is 1. The maximum atomic E-state index is 10.8. The van der Waals surface area contributed by atoms with Crippen LogP contribution in [0.4, 0.5) is 5.69 Å². The standard InChI is InChI=1S/C11H10N4OS/c12-7-3-1-2-4-9(7)17-10-6-5-8(11(13)16)14-15-10/h1-6H,12H2,(H2,13,16). The summed E-state index contributed by atoms with van der Waals surface area (Å²) < 4.78 is 0. The van der Waals surface area contributed by atoms with E-state index in [4.69, 9.17) is 11.5 Å². The molecule has 0 saturated heterocycles. The second kappa shape index (κ2) is 4.84. The van der Waals surface area contributed by atoms with Gasteiger partial charge in [0.05, 0.1) is 0 Å². The molecule has 0 bridgehead atoms. The lowest BCUT2D eigenvalue weighted by molar-refractivity contribution is 0.0994. The highest BCUT2D eigenvalue weighted by Gasteiger charge is 2.05. The van der Waals surface area contributed by atoms with Gasteiger partial charge in [-0.15, -0.1) is 10.2 Å².